The fourth-order valence-electron chi connectivity index (χ4n) is 2.28. The summed E-state index contributed by atoms with van der Waals surface area (Å²) in [6.45, 7) is 5.93. The number of unbranched alkanes of at least 4 members (excludes halogenated alkanes) is 1. The maximum absolute atomic E-state index is 11.9. The number of benzene rings is 1. The van der Waals surface area contributed by atoms with E-state index in [2.05, 4.69) is 39.6 Å². The number of aryl methyl sites for hydroxylation is 2. The normalized spacial score (nSPS) is 10.9. The first-order chi connectivity index (χ1) is 13.1. The van der Waals surface area contributed by atoms with Gasteiger partial charge in [-0.25, -0.2) is 10.4 Å². The first kappa shape index (κ1) is 20.9. The predicted molar refractivity (Wildman–Crippen MR) is 109 cm³/mol. The van der Waals surface area contributed by atoms with E-state index < -0.39 is 0 Å². The number of nitrogens with zero attached hydrogens (tertiary/aromatic N) is 3. The number of rotatable bonds is 10. The number of nitrogens with one attached hydrogen (secondary N) is 1. The third-order valence-electron chi connectivity index (χ3n) is 3.64. The van der Waals surface area contributed by atoms with Crippen LogP contribution in [0.4, 0.5) is 0 Å². The van der Waals surface area contributed by atoms with Crippen molar-refractivity contribution in [3.63, 3.8) is 0 Å². The van der Waals surface area contributed by atoms with Crippen LogP contribution >= 0.6 is 11.8 Å². The van der Waals surface area contributed by atoms with Crippen LogP contribution in [-0.2, 0) is 11.2 Å². The minimum Gasteiger partial charge on any atom is -0.467 e. The van der Waals surface area contributed by atoms with Crippen LogP contribution in [0.5, 0.6) is 5.88 Å². The van der Waals surface area contributed by atoms with Gasteiger partial charge in [0.25, 0.3) is 5.91 Å². The summed E-state index contributed by atoms with van der Waals surface area (Å²) < 4.78 is 5.44. The Bertz CT molecular complexity index is 763. The molecule has 0 unspecified atom stereocenters. The molecule has 144 valence electrons. The zero-order valence-electron chi connectivity index (χ0n) is 16.1. The van der Waals surface area contributed by atoms with E-state index in [0.29, 0.717) is 11.0 Å². The summed E-state index contributed by atoms with van der Waals surface area (Å²) in [7, 11) is 0. The molecule has 0 atom stereocenters. The molecule has 1 aromatic carbocycles. The van der Waals surface area contributed by atoms with Gasteiger partial charge < -0.3 is 4.74 Å². The number of aromatic nitrogens is 2. The molecule has 1 aromatic heterocycles. The van der Waals surface area contributed by atoms with Gasteiger partial charge in [-0.15, -0.1) is 0 Å². The number of ether oxygens (including phenoxy) is 1. The molecule has 1 amide bonds. The molecule has 1 N–H and O–H groups in total. The van der Waals surface area contributed by atoms with Gasteiger partial charge >= 0.3 is 0 Å². The Morgan fingerprint density at radius 3 is 2.74 bits per heavy atom. The molecule has 0 aliphatic heterocycles. The summed E-state index contributed by atoms with van der Waals surface area (Å²) in [6, 6.07) is 9.87. The van der Waals surface area contributed by atoms with Gasteiger partial charge in [0.05, 0.1) is 6.21 Å². The molecule has 0 saturated carbocycles. The van der Waals surface area contributed by atoms with Crippen LogP contribution in [0, 0.1) is 6.92 Å². The summed E-state index contributed by atoms with van der Waals surface area (Å²) in [5.74, 6) is 0.921. The van der Waals surface area contributed by atoms with Crippen LogP contribution in [0.2, 0.25) is 0 Å². The van der Waals surface area contributed by atoms with Crippen molar-refractivity contribution < 1.29 is 9.53 Å². The fourth-order valence-corrected chi connectivity index (χ4v) is 2.90. The first-order valence-electron chi connectivity index (χ1n) is 9.12. The van der Waals surface area contributed by atoms with Crippen LogP contribution in [0.3, 0.4) is 0 Å². The van der Waals surface area contributed by atoms with E-state index in [0.717, 1.165) is 23.4 Å². The molecule has 7 heteroatoms. The second kappa shape index (κ2) is 11.3. The largest absolute Gasteiger partial charge is 0.467 e. The van der Waals surface area contributed by atoms with E-state index in [-0.39, 0.29) is 12.5 Å². The highest BCUT2D eigenvalue weighted by Crippen LogP contribution is 2.17. The van der Waals surface area contributed by atoms with E-state index in [1.807, 2.05) is 26.0 Å². The molecule has 0 aliphatic rings. The van der Waals surface area contributed by atoms with Gasteiger partial charge in [-0.1, -0.05) is 56.3 Å². The maximum atomic E-state index is 11.9. The molecule has 0 fully saturated rings. The topological polar surface area (TPSA) is 76.5 Å². The lowest BCUT2D eigenvalue weighted by Crippen LogP contribution is -2.25. The number of hydrogen-bond donors (Lipinski definition) is 1. The Balaban J connectivity index is 1.79. The number of hydrazone groups is 1. The summed E-state index contributed by atoms with van der Waals surface area (Å²) in [4.78, 5) is 20.4. The number of carbonyl (C=O) groups is 1. The molecule has 6 nitrogen and oxygen atoms in total. The third kappa shape index (κ3) is 7.78. The van der Waals surface area contributed by atoms with Crippen molar-refractivity contribution in [3.05, 3.63) is 47.2 Å². The lowest BCUT2D eigenvalue weighted by Gasteiger charge is -2.06. The fraction of sp³-hybridized carbons (Fsp3) is 0.400. The van der Waals surface area contributed by atoms with Crippen molar-refractivity contribution in [3.8, 4) is 5.88 Å². The highest BCUT2D eigenvalue weighted by molar-refractivity contribution is 7.99. The monoisotopic (exact) mass is 386 g/mol. The van der Waals surface area contributed by atoms with Gasteiger partial charge in [-0.2, -0.15) is 10.1 Å². The minimum atomic E-state index is -0.341. The average Bonchev–Trinajstić information content (AvgIpc) is 2.65. The second-order valence-electron chi connectivity index (χ2n) is 5.99. The van der Waals surface area contributed by atoms with Crippen molar-refractivity contribution in [1.29, 1.82) is 0 Å². The lowest BCUT2D eigenvalue weighted by molar-refractivity contribution is -0.123. The number of amides is 1. The molecular weight excluding hydrogens is 360 g/mol. The molecule has 2 aromatic rings. The molecule has 0 radical (unpaired) electrons. The molecule has 0 spiro atoms. The molecule has 1 heterocycles. The average molecular weight is 387 g/mol. The number of carbonyl (C=O) groups excluding carboxylic acids is 1. The van der Waals surface area contributed by atoms with E-state index >= 15 is 0 Å². The Labute approximate surface area is 164 Å². The van der Waals surface area contributed by atoms with E-state index in [1.165, 1.54) is 30.2 Å². The zero-order chi connectivity index (χ0) is 19.5. The highest BCUT2D eigenvalue weighted by atomic mass is 32.2. The quantitative estimate of drug-likeness (QED) is 0.291. The van der Waals surface area contributed by atoms with Gasteiger partial charge in [0, 0.05) is 11.8 Å². The molecule has 0 saturated heterocycles. The maximum Gasteiger partial charge on any atom is 0.278 e. The SMILES string of the molecule is CCCCc1ccc(C=NNC(=O)COc2cc(C)nc(SCC)n2)cc1. The molecule has 0 bridgehead atoms. The van der Waals surface area contributed by atoms with Gasteiger partial charge in [0.2, 0.25) is 5.88 Å². The smallest absolute Gasteiger partial charge is 0.278 e. The Kier molecular flexibility index (Phi) is 8.77. The predicted octanol–water partition coefficient (Wildman–Crippen LogP) is 3.77. The van der Waals surface area contributed by atoms with Crippen LogP contribution in [0.25, 0.3) is 0 Å². The molecule has 0 aliphatic carbocycles. The second-order valence-corrected chi connectivity index (χ2v) is 7.22. The van der Waals surface area contributed by atoms with Gasteiger partial charge in [0.15, 0.2) is 11.8 Å². The summed E-state index contributed by atoms with van der Waals surface area (Å²) in [6.07, 6.45) is 5.08. The van der Waals surface area contributed by atoms with Crippen molar-refractivity contribution >= 4 is 23.9 Å². The van der Waals surface area contributed by atoms with Crippen molar-refractivity contribution in [2.75, 3.05) is 12.4 Å². The minimum absolute atomic E-state index is 0.153. The summed E-state index contributed by atoms with van der Waals surface area (Å²) >= 11 is 1.53. The van der Waals surface area contributed by atoms with Crippen molar-refractivity contribution in [2.45, 2.75) is 45.2 Å². The Morgan fingerprint density at radius 1 is 1.26 bits per heavy atom. The number of thioether (sulfide) groups is 1. The number of hydrogen-bond acceptors (Lipinski definition) is 6. The zero-order valence-corrected chi connectivity index (χ0v) is 16.9. The van der Waals surface area contributed by atoms with Gasteiger partial charge in [-0.3, -0.25) is 4.79 Å². The Hall–Kier alpha value is -2.41. The standard InChI is InChI=1S/C20H26N4O2S/c1-4-6-7-16-8-10-17(11-9-16)13-21-24-18(25)14-26-19-12-15(3)22-20(23-19)27-5-2/h8-13H,4-7,14H2,1-3H3,(H,24,25). The molecular formula is C20H26N4O2S. The third-order valence-corrected chi connectivity index (χ3v) is 4.37. The van der Waals surface area contributed by atoms with Gasteiger partial charge in [0.1, 0.15) is 0 Å². The molecule has 27 heavy (non-hydrogen) atoms. The Morgan fingerprint density at radius 2 is 2.04 bits per heavy atom. The van der Waals surface area contributed by atoms with Crippen molar-refractivity contribution in [1.82, 2.24) is 15.4 Å². The van der Waals surface area contributed by atoms with E-state index in [9.17, 15) is 4.79 Å². The van der Waals surface area contributed by atoms with Gasteiger partial charge in [-0.05, 0) is 36.6 Å². The van der Waals surface area contributed by atoms with Crippen LogP contribution in [0.15, 0.2) is 40.6 Å². The molecule has 2 rings (SSSR count). The highest BCUT2D eigenvalue weighted by Gasteiger charge is 2.06. The van der Waals surface area contributed by atoms with Crippen molar-refractivity contribution in [2.24, 2.45) is 5.10 Å². The van der Waals surface area contributed by atoms with Crippen LogP contribution in [0.1, 0.15) is 43.5 Å². The van der Waals surface area contributed by atoms with Crippen LogP contribution < -0.4 is 10.2 Å². The first-order valence-corrected chi connectivity index (χ1v) is 10.1. The van der Waals surface area contributed by atoms with Crippen LogP contribution in [-0.4, -0.2) is 34.4 Å². The lowest BCUT2D eigenvalue weighted by atomic mass is 10.1. The summed E-state index contributed by atoms with van der Waals surface area (Å²) in [5.41, 5.74) is 5.51. The van der Waals surface area contributed by atoms with E-state index in [4.69, 9.17) is 4.74 Å². The summed E-state index contributed by atoms with van der Waals surface area (Å²) in [5, 5.41) is 4.62. The van der Waals surface area contributed by atoms with E-state index in [1.54, 1.807) is 12.3 Å².